The summed E-state index contributed by atoms with van der Waals surface area (Å²) in [6, 6.07) is 19.4. The molecule has 4 heterocycles. The molecule has 19 nitrogen and oxygen atoms in total. The molecule has 4 aromatic carbocycles. The average molecular weight is 1200 g/mol. The highest BCUT2D eigenvalue weighted by atomic mass is 35.5. The second kappa shape index (κ2) is 32.6. The van der Waals surface area contributed by atoms with Gasteiger partial charge in [0.05, 0.1) is 79.5 Å². The first-order valence-corrected chi connectivity index (χ1v) is 30.0. The Kier molecular flexibility index (Phi) is 24.7. The summed E-state index contributed by atoms with van der Waals surface area (Å²) in [6.07, 6.45) is 6.50. The minimum absolute atomic E-state index is 0.00120. The molecule has 6 aromatic rings. The Labute approximate surface area is 499 Å². The molecule has 452 valence electrons. The molecule has 0 saturated carbocycles. The number of methoxy groups -OCH3 is 1. The molecular weight excluding hydrogens is 1120 g/mol. The Bertz CT molecular complexity index is 3100. The van der Waals surface area contributed by atoms with Crippen LogP contribution in [0.1, 0.15) is 86.0 Å². The quantitative estimate of drug-likeness (QED) is 0.0312. The highest BCUT2D eigenvalue weighted by Gasteiger charge is 2.46. The van der Waals surface area contributed by atoms with Crippen molar-refractivity contribution >= 4 is 63.1 Å². The van der Waals surface area contributed by atoms with Gasteiger partial charge in [0.2, 0.25) is 11.8 Å². The first-order chi connectivity index (χ1) is 40.9. The Morgan fingerprint density at radius 2 is 1.43 bits per heavy atom. The number of halogens is 2. The van der Waals surface area contributed by atoms with E-state index in [9.17, 15) is 23.9 Å². The fraction of sp³-hybridized carbons (Fsp3) is 0.484. The summed E-state index contributed by atoms with van der Waals surface area (Å²) < 4.78 is 60.5. The molecule has 0 spiro atoms. The van der Waals surface area contributed by atoms with Gasteiger partial charge >= 0.3 is 0 Å². The highest BCUT2D eigenvalue weighted by molar-refractivity contribution is 7.13. The van der Waals surface area contributed by atoms with Gasteiger partial charge < -0.3 is 63.4 Å². The number of nitrogens with zero attached hydrogens (tertiary/aromatic N) is 5. The van der Waals surface area contributed by atoms with E-state index >= 15 is 0 Å². The normalized spacial score (nSPS) is 15.3. The van der Waals surface area contributed by atoms with Crippen LogP contribution in [0.15, 0.2) is 84.6 Å². The lowest BCUT2D eigenvalue weighted by molar-refractivity contribution is -0.143. The van der Waals surface area contributed by atoms with E-state index in [1.165, 1.54) is 34.7 Å². The fourth-order valence-electron chi connectivity index (χ4n) is 10.1. The van der Waals surface area contributed by atoms with Crippen LogP contribution >= 0.6 is 22.9 Å². The fourth-order valence-corrected chi connectivity index (χ4v) is 11.1. The topological polar surface area (TPSA) is 214 Å². The van der Waals surface area contributed by atoms with E-state index in [-0.39, 0.29) is 48.9 Å². The van der Waals surface area contributed by atoms with E-state index < -0.39 is 29.9 Å². The van der Waals surface area contributed by atoms with Crippen LogP contribution in [-0.2, 0) is 46.4 Å². The molecule has 2 aliphatic heterocycles. The number of β-amino-alcohol motifs (C(OH)–C–C–N with tert-alkyl or cyclic N) is 1. The number of hydrogen-bond acceptors (Lipinski definition) is 17. The van der Waals surface area contributed by atoms with Crippen LogP contribution in [0.4, 0.5) is 15.9 Å². The van der Waals surface area contributed by atoms with Crippen molar-refractivity contribution in [3.05, 3.63) is 118 Å². The van der Waals surface area contributed by atoms with Crippen LogP contribution in [0.3, 0.4) is 0 Å². The number of hydrogen-bond donors (Lipinski definition) is 3. The summed E-state index contributed by atoms with van der Waals surface area (Å²) in [4.78, 5) is 58.8. The molecule has 3 atom stereocenters. The number of carbonyl (C=O) groups is 3. The highest BCUT2D eigenvalue weighted by Crippen LogP contribution is 2.36. The van der Waals surface area contributed by atoms with Gasteiger partial charge in [-0.1, -0.05) is 55.8 Å². The number of aliphatic hydroxyl groups is 1. The van der Waals surface area contributed by atoms with E-state index in [0.29, 0.717) is 111 Å². The minimum Gasteiger partial charge on any atom is -0.493 e. The maximum atomic E-state index is 14.3. The SMILES string of the molecule is COc1cc2ncnc(Nc3ccc(F)c(Cl)c3)c2cc1OCCOCCOCCCCCOCCCCCOCCOCCOc1cc(-c2scnc2C)ccc1CNC(=O)[C@@H]1C[C@@H](O)CN1C(=O)[C@H](C(C)C)N1Cc2ccccc2C1=O. The molecule has 3 amide bonds. The zero-order valence-corrected chi connectivity index (χ0v) is 49.9. The van der Waals surface area contributed by atoms with Gasteiger partial charge in [0.15, 0.2) is 11.5 Å². The first-order valence-electron chi connectivity index (χ1n) is 28.8. The third-order valence-electron chi connectivity index (χ3n) is 14.4. The van der Waals surface area contributed by atoms with Gasteiger partial charge in [-0.15, -0.1) is 11.3 Å². The van der Waals surface area contributed by atoms with Gasteiger partial charge in [-0.05, 0) is 98.9 Å². The number of amides is 3. The Hall–Kier alpha value is -6.56. The number of benzene rings is 4. The number of aryl methyl sites for hydroxylation is 1. The molecule has 0 aliphatic carbocycles. The standard InChI is InChI=1S/C62H77ClFN7O12S/c1-41(2)57(71-37-45-13-7-8-14-48(45)61(71)74)62(75)70-38-47(72)33-53(70)60(73)65-36-44-16-15-43(58-42(3)68-40-84-58)31-54(44)82-29-27-80-25-23-78-21-11-5-9-19-77-20-10-6-12-22-79-24-26-81-28-30-83-56-34-49-52(35-55(56)76-4)66-39-67-59(49)69-46-17-18-51(64)50(63)32-46/h7-8,13-18,31-32,34-35,39-41,47,53,57,72H,5-6,9-12,19-30,33,36-38H2,1-4H3,(H,65,73)(H,66,67,69)/t47-,53+,57+/m1/s1. The zero-order chi connectivity index (χ0) is 59.2. The summed E-state index contributed by atoms with van der Waals surface area (Å²) in [5, 5.41) is 17.6. The number of fused-ring (bicyclic) bond motifs is 2. The molecule has 3 N–H and O–H groups in total. The lowest BCUT2D eigenvalue weighted by Gasteiger charge is -2.35. The van der Waals surface area contributed by atoms with Crippen LogP contribution in [-0.4, -0.2) is 159 Å². The molecule has 0 unspecified atom stereocenters. The predicted molar refractivity (Wildman–Crippen MR) is 319 cm³/mol. The molecule has 8 rings (SSSR count). The number of aromatic nitrogens is 3. The summed E-state index contributed by atoms with van der Waals surface area (Å²) in [6.45, 7) is 12.0. The smallest absolute Gasteiger partial charge is 0.255 e. The largest absolute Gasteiger partial charge is 0.493 e. The van der Waals surface area contributed by atoms with Crippen molar-refractivity contribution in [3.63, 3.8) is 0 Å². The number of carbonyl (C=O) groups excluding carboxylic acids is 3. The summed E-state index contributed by atoms with van der Waals surface area (Å²) in [5.41, 5.74) is 7.04. The van der Waals surface area contributed by atoms with Crippen LogP contribution in [0.5, 0.6) is 17.2 Å². The van der Waals surface area contributed by atoms with E-state index in [2.05, 4.69) is 25.6 Å². The Morgan fingerprint density at radius 3 is 2.07 bits per heavy atom. The molecule has 0 radical (unpaired) electrons. The van der Waals surface area contributed by atoms with E-state index in [1.807, 2.05) is 57.2 Å². The van der Waals surface area contributed by atoms with Crippen LogP contribution in [0.25, 0.3) is 21.3 Å². The van der Waals surface area contributed by atoms with Gasteiger partial charge in [-0.2, -0.15) is 0 Å². The number of anilines is 2. The molecule has 0 bridgehead atoms. The second-order valence-electron chi connectivity index (χ2n) is 20.9. The third-order valence-corrected chi connectivity index (χ3v) is 15.7. The summed E-state index contributed by atoms with van der Waals surface area (Å²) in [7, 11) is 1.56. The Morgan fingerprint density at radius 1 is 0.774 bits per heavy atom. The summed E-state index contributed by atoms with van der Waals surface area (Å²) in [5.74, 6) is 0.429. The zero-order valence-electron chi connectivity index (χ0n) is 48.3. The number of likely N-dealkylation sites (tertiary alicyclic amines) is 1. The molecule has 1 fully saturated rings. The Balaban J connectivity index is 0.635. The van der Waals surface area contributed by atoms with Crippen LogP contribution < -0.4 is 24.8 Å². The van der Waals surface area contributed by atoms with Gasteiger partial charge in [-0.25, -0.2) is 19.3 Å². The number of unbranched alkanes of at least 4 members (excludes halogenated alkanes) is 4. The maximum Gasteiger partial charge on any atom is 0.255 e. The van der Waals surface area contributed by atoms with Gasteiger partial charge in [-0.3, -0.25) is 14.4 Å². The number of ether oxygens (including phenoxy) is 8. The van der Waals surface area contributed by atoms with E-state index in [0.717, 1.165) is 79.0 Å². The van der Waals surface area contributed by atoms with E-state index in [4.69, 9.17) is 49.5 Å². The van der Waals surface area contributed by atoms with Crippen LogP contribution in [0, 0.1) is 18.7 Å². The van der Waals surface area contributed by atoms with Gasteiger partial charge in [0.25, 0.3) is 5.91 Å². The molecular formula is C62H77ClFN7O12S. The molecule has 22 heteroatoms. The maximum absolute atomic E-state index is 14.3. The van der Waals surface area contributed by atoms with Crippen molar-refractivity contribution in [3.8, 4) is 27.7 Å². The van der Waals surface area contributed by atoms with Crippen LogP contribution in [0.2, 0.25) is 5.02 Å². The molecule has 2 aliphatic rings. The van der Waals surface area contributed by atoms with Crippen molar-refractivity contribution in [1.29, 1.82) is 0 Å². The van der Waals surface area contributed by atoms with Crippen molar-refractivity contribution in [1.82, 2.24) is 30.1 Å². The van der Waals surface area contributed by atoms with Crippen molar-refractivity contribution in [2.75, 3.05) is 98.3 Å². The molecule has 84 heavy (non-hydrogen) atoms. The minimum atomic E-state index is -0.907. The average Bonchev–Trinajstić information content (AvgIpc) is 3.86. The summed E-state index contributed by atoms with van der Waals surface area (Å²) >= 11 is 7.50. The number of thiazole rings is 1. The predicted octanol–water partition coefficient (Wildman–Crippen LogP) is 9.75. The molecule has 2 aromatic heterocycles. The van der Waals surface area contributed by atoms with Crippen molar-refractivity contribution < 1.29 is 61.8 Å². The first kappa shape index (κ1) is 63.5. The second-order valence-corrected chi connectivity index (χ2v) is 22.1. The van der Waals surface area contributed by atoms with Crippen molar-refractivity contribution in [2.24, 2.45) is 5.92 Å². The third kappa shape index (κ3) is 17.8. The number of nitrogens with one attached hydrogen (secondary N) is 2. The van der Waals surface area contributed by atoms with E-state index in [1.54, 1.807) is 41.8 Å². The monoisotopic (exact) mass is 1200 g/mol. The van der Waals surface area contributed by atoms with Crippen molar-refractivity contribution in [2.45, 2.75) is 97.0 Å². The molecule has 1 saturated heterocycles. The number of aliphatic hydroxyl groups excluding tert-OH is 1. The number of rotatable bonds is 36. The lowest BCUT2D eigenvalue weighted by Crippen LogP contribution is -2.55. The van der Waals surface area contributed by atoms with Gasteiger partial charge in [0, 0.05) is 80.7 Å². The lowest BCUT2D eigenvalue weighted by atomic mass is 10.0. The van der Waals surface area contributed by atoms with Gasteiger partial charge in [0.1, 0.15) is 49.0 Å².